The van der Waals surface area contributed by atoms with Gasteiger partial charge >= 0.3 is 23.6 Å². The fraction of sp³-hybridized carbons (Fsp3) is 0.296. The summed E-state index contributed by atoms with van der Waals surface area (Å²) in [5.41, 5.74) is -1.14. The number of carbonyl (C=O) groups is 1. The van der Waals surface area contributed by atoms with Crippen molar-refractivity contribution in [2.75, 3.05) is 0 Å². The largest absolute Gasteiger partial charge is 0.494 e. The standard InChI is InChI=1S/C27H28BFO7S/c1-25(2)26(3,4)36-28(35-25)21-16-17-22(23(18-21)34-37(29,31)32)24(30)33-27(5,19-12-8-6-9-13-19)20-14-10-7-11-15-20/h6-18H,1-5H3. The molecule has 0 bridgehead atoms. The average molecular weight is 526 g/mol. The Kier molecular flexibility index (Phi) is 6.96. The van der Waals surface area contributed by atoms with E-state index in [-0.39, 0.29) is 5.56 Å². The van der Waals surface area contributed by atoms with Crippen molar-refractivity contribution in [3.8, 4) is 5.75 Å². The number of ether oxygens (including phenoxy) is 1. The van der Waals surface area contributed by atoms with Crippen molar-refractivity contribution < 1.29 is 35.3 Å². The second-order valence-corrected chi connectivity index (χ2v) is 10.9. The summed E-state index contributed by atoms with van der Waals surface area (Å²) < 4.78 is 59.1. The molecule has 0 N–H and O–H groups in total. The highest BCUT2D eigenvalue weighted by atomic mass is 32.3. The molecule has 3 aromatic rings. The molecule has 7 nitrogen and oxygen atoms in total. The molecule has 1 saturated heterocycles. The van der Waals surface area contributed by atoms with Gasteiger partial charge in [-0.15, -0.1) is 0 Å². The van der Waals surface area contributed by atoms with E-state index in [2.05, 4.69) is 4.18 Å². The smallest absolute Gasteiger partial charge is 0.446 e. The lowest BCUT2D eigenvalue weighted by atomic mass is 9.78. The summed E-state index contributed by atoms with van der Waals surface area (Å²) in [5, 5.41) is 0. The SMILES string of the molecule is CC(OC(=O)c1ccc(B2OC(C)(C)C(C)(C)O2)cc1OS(=O)(=O)F)(c1ccccc1)c1ccccc1. The zero-order chi connectivity index (χ0) is 27.1. The van der Waals surface area contributed by atoms with Gasteiger partial charge in [-0.2, -0.15) is 8.42 Å². The zero-order valence-electron chi connectivity index (χ0n) is 21.2. The number of hydrogen-bond acceptors (Lipinski definition) is 7. The van der Waals surface area contributed by atoms with Gasteiger partial charge in [0, 0.05) is 0 Å². The molecule has 1 aliphatic heterocycles. The van der Waals surface area contributed by atoms with Gasteiger partial charge < -0.3 is 18.2 Å². The van der Waals surface area contributed by atoms with Gasteiger partial charge in [0.2, 0.25) is 0 Å². The average Bonchev–Trinajstić information content (AvgIpc) is 3.05. The van der Waals surface area contributed by atoms with Crippen LogP contribution in [0.15, 0.2) is 78.9 Å². The van der Waals surface area contributed by atoms with Crippen LogP contribution in [0.4, 0.5) is 3.89 Å². The third-order valence-electron chi connectivity index (χ3n) is 6.89. The summed E-state index contributed by atoms with van der Waals surface area (Å²) in [6, 6.07) is 22.2. The summed E-state index contributed by atoms with van der Waals surface area (Å²) in [7, 11) is -6.35. The molecule has 4 rings (SSSR count). The van der Waals surface area contributed by atoms with Crippen LogP contribution in [-0.2, 0) is 30.2 Å². The van der Waals surface area contributed by atoms with E-state index in [9.17, 15) is 17.1 Å². The number of rotatable bonds is 7. The van der Waals surface area contributed by atoms with Gasteiger partial charge in [-0.3, -0.25) is 0 Å². The molecule has 194 valence electrons. The number of halogens is 1. The van der Waals surface area contributed by atoms with E-state index < -0.39 is 46.1 Å². The first-order valence-corrected chi connectivity index (χ1v) is 13.0. The first-order valence-electron chi connectivity index (χ1n) is 11.7. The van der Waals surface area contributed by atoms with Gasteiger partial charge in [-0.25, -0.2) is 4.79 Å². The lowest BCUT2D eigenvalue weighted by molar-refractivity contribution is 0.00578. The Hall–Kier alpha value is -3.21. The molecule has 0 amide bonds. The van der Waals surface area contributed by atoms with Crippen LogP contribution in [0.2, 0.25) is 0 Å². The maximum Gasteiger partial charge on any atom is 0.494 e. The van der Waals surface area contributed by atoms with Gasteiger partial charge in [0.1, 0.15) is 5.56 Å². The van der Waals surface area contributed by atoms with Crippen LogP contribution >= 0.6 is 0 Å². The summed E-state index contributed by atoms with van der Waals surface area (Å²) >= 11 is 0. The Morgan fingerprint density at radius 1 is 0.865 bits per heavy atom. The van der Waals surface area contributed by atoms with E-state index >= 15 is 0 Å². The minimum Gasteiger partial charge on any atom is -0.446 e. The van der Waals surface area contributed by atoms with Gasteiger partial charge in [0.15, 0.2) is 11.4 Å². The maximum atomic E-state index is 13.7. The second-order valence-electron chi connectivity index (χ2n) is 9.98. The normalized spacial score (nSPS) is 16.9. The van der Waals surface area contributed by atoms with Crippen LogP contribution in [0.1, 0.15) is 56.1 Å². The van der Waals surface area contributed by atoms with Crippen LogP contribution in [-0.4, -0.2) is 32.7 Å². The summed E-state index contributed by atoms with van der Waals surface area (Å²) in [6.45, 7) is 9.15. The van der Waals surface area contributed by atoms with Crippen LogP contribution in [0.25, 0.3) is 0 Å². The van der Waals surface area contributed by atoms with Crippen LogP contribution < -0.4 is 9.65 Å². The molecule has 1 aliphatic rings. The third-order valence-corrected chi connectivity index (χ3v) is 7.27. The molecule has 0 saturated carbocycles. The predicted molar refractivity (Wildman–Crippen MR) is 138 cm³/mol. The van der Waals surface area contributed by atoms with Gasteiger partial charge in [0.25, 0.3) is 0 Å². The fourth-order valence-electron chi connectivity index (χ4n) is 4.05. The predicted octanol–water partition coefficient (Wildman–Crippen LogP) is 4.70. The van der Waals surface area contributed by atoms with E-state index in [1.165, 1.54) is 18.2 Å². The summed E-state index contributed by atoms with van der Waals surface area (Å²) in [6.07, 6.45) is 0. The van der Waals surface area contributed by atoms with E-state index in [1.54, 1.807) is 6.92 Å². The molecule has 0 aliphatic carbocycles. The molecule has 0 unspecified atom stereocenters. The Balaban J connectivity index is 1.74. The van der Waals surface area contributed by atoms with Crippen molar-refractivity contribution in [3.63, 3.8) is 0 Å². The molecule has 1 fully saturated rings. The van der Waals surface area contributed by atoms with Gasteiger partial charge in [-0.05, 0) is 63.3 Å². The molecule has 37 heavy (non-hydrogen) atoms. The molecule has 0 aromatic heterocycles. The van der Waals surface area contributed by atoms with E-state index in [1.807, 2.05) is 88.4 Å². The van der Waals surface area contributed by atoms with Crippen molar-refractivity contribution in [3.05, 3.63) is 95.6 Å². The van der Waals surface area contributed by atoms with Crippen molar-refractivity contribution in [1.29, 1.82) is 0 Å². The van der Waals surface area contributed by atoms with E-state index in [0.717, 1.165) is 0 Å². The zero-order valence-corrected chi connectivity index (χ0v) is 22.0. The first-order chi connectivity index (χ1) is 17.2. The fourth-order valence-corrected chi connectivity index (χ4v) is 4.40. The molecule has 1 heterocycles. The highest BCUT2D eigenvalue weighted by Gasteiger charge is 2.52. The Bertz CT molecular complexity index is 1340. The van der Waals surface area contributed by atoms with Crippen LogP contribution in [0.3, 0.4) is 0 Å². The Labute approximate surface area is 217 Å². The number of carbonyl (C=O) groups excluding carboxylic acids is 1. The minimum absolute atomic E-state index is 0.278. The quantitative estimate of drug-likeness (QED) is 0.251. The molecule has 0 spiro atoms. The third kappa shape index (κ3) is 5.56. The first kappa shape index (κ1) is 26.8. The highest BCUT2D eigenvalue weighted by Crippen LogP contribution is 2.38. The van der Waals surface area contributed by atoms with E-state index in [0.29, 0.717) is 16.6 Å². The Morgan fingerprint density at radius 3 is 1.81 bits per heavy atom. The molecular formula is C27H28BFO7S. The maximum absolute atomic E-state index is 13.7. The van der Waals surface area contributed by atoms with Crippen LogP contribution in [0, 0.1) is 0 Å². The van der Waals surface area contributed by atoms with Crippen molar-refractivity contribution >= 4 is 29.1 Å². The van der Waals surface area contributed by atoms with E-state index in [4.69, 9.17) is 14.0 Å². The van der Waals surface area contributed by atoms with Crippen LogP contribution in [0.5, 0.6) is 5.75 Å². The van der Waals surface area contributed by atoms with Gasteiger partial charge in [0.05, 0.1) is 11.2 Å². The molecule has 0 atom stereocenters. The number of esters is 1. The summed E-state index contributed by atoms with van der Waals surface area (Å²) in [4.78, 5) is 13.5. The van der Waals surface area contributed by atoms with Crippen molar-refractivity contribution in [2.24, 2.45) is 0 Å². The monoisotopic (exact) mass is 526 g/mol. The lowest BCUT2D eigenvalue weighted by Crippen LogP contribution is -2.41. The summed E-state index contributed by atoms with van der Waals surface area (Å²) in [5.74, 6) is -1.45. The molecule has 0 radical (unpaired) electrons. The molecule has 10 heteroatoms. The lowest BCUT2D eigenvalue weighted by Gasteiger charge is -2.32. The molecular weight excluding hydrogens is 498 g/mol. The Morgan fingerprint density at radius 2 is 1.35 bits per heavy atom. The number of hydrogen-bond donors (Lipinski definition) is 0. The topological polar surface area (TPSA) is 88.1 Å². The highest BCUT2D eigenvalue weighted by molar-refractivity contribution is 7.81. The number of benzene rings is 3. The van der Waals surface area contributed by atoms with Crippen molar-refractivity contribution in [1.82, 2.24) is 0 Å². The second kappa shape index (κ2) is 9.59. The van der Waals surface area contributed by atoms with Crippen molar-refractivity contribution in [2.45, 2.75) is 51.4 Å². The molecule has 3 aromatic carbocycles. The minimum atomic E-state index is -5.46. The van der Waals surface area contributed by atoms with Gasteiger partial charge in [-0.1, -0.05) is 70.6 Å².